The molecule has 0 aliphatic carbocycles. The van der Waals surface area contributed by atoms with E-state index in [1.54, 1.807) is 19.1 Å². The number of ether oxygens (including phenoxy) is 1. The first-order chi connectivity index (χ1) is 32.2. The van der Waals surface area contributed by atoms with Crippen LogP contribution in [0.3, 0.4) is 0 Å². The van der Waals surface area contributed by atoms with Crippen LogP contribution >= 0.6 is 0 Å². The number of nitrogens with zero attached hydrogens (tertiary/aromatic N) is 3. The van der Waals surface area contributed by atoms with Gasteiger partial charge in [-0.2, -0.15) is 4.98 Å². The number of carboxylic acid groups (broad SMARTS) is 1. The van der Waals surface area contributed by atoms with Crippen molar-refractivity contribution in [2.75, 3.05) is 50.9 Å². The zero-order valence-electron chi connectivity index (χ0n) is 41.7. The fraction of sp³-hybridized carbons (Fsp3) is 0.578. The quantitative estimate of drug-likeness (QED) is 0.0577. The maximum Gasteiger partial charge on any atom is 0.326 e. The summed E-state index contributed by atoms with van der Waals surface area (Å²) in [5, 5.41) is 28.1. The van der Waals surface area contributed by atoms with Gasteiger partial charge in [0, 0.05) is 37.3 Å². The highest BCUT2D eigenvalue weighted by molar-refractivity contribution is 5.97. The van der Waals surface area contributed by atoms with E-state index in [0.717, 1.165) is 0 Å². The maximum absolute atomic E-state index is 12.8. The SMILES string of the molecule is CC.CC.CC.CC.CC.CCNC(=O)CC(NC(=O)C(CC(=O)NCCOCCNC(=O)CCC(NC(=O)c1ccc(NCc2cnc3nc(N)[nH]c(=O)c3n2)cc1)C(=O)O)NC)C(C)=O. The highest BCUT2D eigenvalue weighted by Gasteiger charge is 2.26. The molecule has 67 heavy (non-hydrogen) atoms. The molecule has 3 aromatic rings. The summed E-state index contributed by atoms with van der Waals surface area (Å²) < 4.78 is 5.40. The van der Waals surface area contributed by atoms with Gasteiger partial charge >= 0.3 is 5.97 Å². The van der Waals surface area contributed by atoms with Gasteiger partial charge in [-0.3, -0.25) is 38.5 Å². The van der Waals surface area contributed by atoms with E-state index >= 15 is 0 Å². The molecular formula is C45H78N12O10. The lowest BCUT2D eigenvalue weighted by Gasteiger charge is -2.20. The monoisotopic (exact) mass is 947 g/mol. The lowest BCUT2D eigenvalue weighted by atomic mass is 10.1. The zero-order valence-corrected chi connectivity index (χ0v) is 41.7. The van der Waals surface area contributed by atoms with E-state index < -0.39 is 65.0 Å². The van der Waals surface area contributed by atoms with Gasteiger partial charge in [-0.05, 0) is 51.6 Å². The van der Waals surface area contributed by atoms with E-state index in [2.05, 4.69) is 57.2 Å². The molecule has 22 heteroatoms. The summed E-state index contributed by atoms with van der Waals surface area (Å²) in [7, 11) is 1.48. The van der Waals surface area contributed by atoms with E-state index in [0.29, 0.717) is 17.9 Å². The Hall–Kier alpha value is -6.55. The van der Waals surface area contributed by atoms with Crippen molar-refractivity contribution >= 4 is 64.1 Å². The Morgan fingerprint density at radius 2 is 1.31 bits per heavy atom. The molecule has 22 nitrogen and oxygen atoms in total. The largest absolute Gasteiger partial charge is 0.480 e. The molecule has 2 heterocycles. The Labute approximate surface area is 395 Å². The summed E-state index contributed by atoms with van der Waals surface area (Å²) in [6, 6.07) is 2.86. The van der Waals surface area contributed by atoms with Crippen LogP contribution in [0, 0.1) is 0 Å². The van der Waals surface area contributed by atoms with E-state index in [4.69, 9.17) is 10.5 Å². The molecule has 3 rings (SSSR count). The predicted molar refractivity (Wildman–Crippen MR) is 261 cm³/mol. The molecule has 0 aliphatic rings. The van der Waals surface area contributed by atoms with Crippen molar-refractivity contribution in [3.8, 4) is 0 Å². The predicted octanol–water partition coefficient (Wildman–Crippen LogP) is 2.83. The van der Waals surface area contributed by atoms with Crippen molar-refractivity contribution in [3.63, 3.8) is 0 Å². The van der Waals surface area contributed by atoms with Gasteiger partial charge < -0.3 is 52.8 Å². The summed E-state index contributed by atoms with van der Waals surface area (Å²) in [5.41, 5.74) is 6.39. The Balaban J connectivity index is -0.00000383. The highest BCUT2D eigenvalue weighted by Crippen LogP contribution is 2.12. The molecule has 3 atom stereocenters. The Bertz CT molecular complexity index is 1960. The van der Waals surface area contributed by atoms with Crippen molar-refractivity contribution in [3.05, 3.63) is 52.1 Å². The van der Waals surface area contributed by atoms with Crippen molar-refractivity contribution in [1.29, 1.82) is 0 Å². The first kappa shape index (κ1) is 64.7. The molecule has 0 saturated heterocycles. The van der Waals surface area contributed by atoms with Crippen LogP contribution in [0.15, 0.2) is 35.3 Å². The van der Waals surface area contributed by atoms with Crippen LogP contribution in [0.4, 0.5) is 11.6 Å². The summed E-state index contributed by atoms with van der Waals surface area (Å²) >= 11 is 0. The second kappa shape index (κ2) is 39.8. The Kier molecular flexibility index (Phi) is 38.4. The van der Waals surface area contributed by atoms with Gasteiger partial charge in [-0.25, -0.2) is 14.8 Å². The number of benzene rings is 1. The number of nitrogens with two attached hydrogens (primary N) is 1. The molecule has 1 aromatic carbocycles. The van der Waals surface area contributed by atoms with Gasteiger partial charge in [0.2, 0.25) is 29.6 Å². The summed E-state index contributed by atoms with van der Waals surface area (Å²) in [6.45, 7) is 24.0. The standard InChI is InChI=1S/C35H48N12O10.5C2H6/c1-4-38-27(50)15-24(19(2)48)45-32(53)25(37-3)16-28(51)40-12-14-57-13-11-39-26(49)10-9-23(34(55)56)44-31(52)20-5-7-21(8-6-20)41-17-22-18-42-30-29(43-22)33(54)47-35(36)46-30;5*1-2/h5-8,18,23-25,37,41H,4,9-17H2,1-3H3,(H,38,50)(H,39,49)(H,40,51)(H,44,52)(H,45,53)(H,55,56)(H3,36,42,46,47,54);5*1-2H3. The summed E-state index contributed by atoms with van der Waals surface area (Å²) in [6.07, 6.45) is 0.617. The van der Waals surface area contributed by atoms with E-state index in [-0.39, 0.29) is 81.2 Å². The van der Waals surface area contributed by atoms with Gasteiger partial charge in [-0.1, -0.05) is 69.2 Å². The molecular weight excluding hydrogens is 869 g/mol. The third-order valence-corrected chi connectivity index (χ3v) is 8.13. The number of anilines is 2. The molecule has 3 unspecified atom stereocenters. The zero-order chi connectivity index (χ0) is 51.9. The number of fused-ring (bicyclic) bond motifs is 1. The van der Waals surface area contributed by atoms with Crippen LogP contribution < -0.4 is 48.5 Å². The minimum absolute atomic E-state index is 0.0348. The van der Waals surface area contributed by atoms with Crippen LogP contribution in [0.2, 0.25) is 0 Å². The third kappa shape index (κ3) is 26.9. The first-order valence-corrected chi connectivity index (χ1v) is 23.0. The second-order valence-corrected chi connectivity index (χ2v) is 12.5. The number of rotatable bonds is 24. The van der Waals surface area contributed by atoms with Crippen LogP contribution in [0.25, 0.3) is 11.2 Å². The number of nitrogens with one attached hydrogen (secondary N) is 8. The van der Waals surface area contributed by atoms with Gasteiger partial charge in [0.05, 0.1) is 56.6 Å². The third-order valence-electron chi connectivity index (χ3n) is 8.13. The fourth-order valence-electron chi connectivity index (χ4n) is 5.09. The molecule has 2 aromatic heterocycles. The summed E-state index contributed by atoms with van der Waals surface area (Å²) in [4.78, 5) is 112. The van der Waals surface area contributed by atoms with Crippen molar-refractivity contribution < 1.29 is 43.4 Å². The van der Waals surface area contributed by atoms with Crippen LogP contribution in [-0.4, -0.2) is 124 Å². The number of carboxylic acids is 1. The van der Waals surface area contributed by atoms with Gasteiger partial charge in [0.25, 0.3) is 11.5 Å². The Morgan fingerprint density at radius 1 is 0.761 bits per heavy atom. The lowest BCUT2D eigenvalue weighted by molar-refractivity contribution is -0.139. The number of H-pyrrole nitrogens is 1. The number of hydrogen-bond donors (Lipinski definition) is 10. The smallest absolute Gasteiger partial charge is 0.326 e. The first-order valence-electron chi connectivity index (χ1n) is 23.0. The number of nitrogen functional groups attached to an aromatic ring is 1. The number of aromatic nitrogens is 4. The average Bonchev–Trinajstić information content (AvgIpc) is 3.34. The number of Topliss-reactive ketones (excluding diaryl/α,β-unsaturated/α-hetero) is 1. The number of ketones is 1. The number of aromatic amines is 1. The van der Waals surface area contributed by atoms with Crippen LogP contribution in [0.1, 0.15) is 125 Å². The molecule has 378 valence electrons. The molecule has 5 amide bonds. The molecule has 0 spiro atoms. The van der Waals surface area contributed by atoms with Crippen molar-refractivity contribution in [1.82, 2.24) is 51.8 Å². The lowest BCUT2D eigenvalue weighted by Crippen LogP contribution is -2.51. The minimum atomic E-state index is -1.34. The number of hydrogen-bond acceptors (Lipinski definition) is 15. The number of aliphatic carboxylic acids is 1. The highest BCUT2D eigenvalue weighted by atomic mass is 16.5. The van der Waals surface area contributed by atoms with Crippen molar-refractivity contribution in [2.45, 2.75) is 133 Å². The van der Waals surface area contributed by atoms with E-state index in [1.165, 1.54) is 32.3 Å². The van der Waals surface area contributed by atoms with Gasteiger partial charge in [0.15, 0.2) is 16.9 Å². The molecule has 0 aliphatic heterocycles. The Morgan fingerprint density at radius 3 is 1.85 bits per heavy atom. The van der Waals surface area contributed by atoms with Gasteiger partial charge in [0.1, 0.15) is 6.04 Å². The number of likely N-dealkylation sites (N-methyl/N-ethyl adjacent to an activating group) is 1. The van der Waals surface area contributed by atoms with E-state index in [1.807, 2.05) is 69.2 Å². The topological polar surface area (TPSA) is 331 Å². The minimum Gasteiger partial charge on any atom is -0.480 e. The second-order valence-electron chi connectivity index (χ2n) is 12.5. The molecule has 0 bridgehead atoms. The van der Waals surface area contributed by atoms with Crippen molar-refractivity contribution in [2.24, 2.45) is 0 Å². The molecule has 0 saturated carbocycles. The van der Waals surface area contributed by atoms with Crippen LogP contribution in [0.5, 0.6) is 0 Å². The van der Waals surface area contributed by atoms with Crippen LogP contribution in [-0.2, 0) is 40.0 Å². The number of carbonyl (C=O) groups is 7. The molecule has 0 radical (unpaired) electrons. The average molecular weight is 947 g/mol. The summed E-state index contributed by atoms with van der Waals surface area (Å²) in [5.74, 6) is -4.36. The number of carbonyl (C=O) groups excluding carboxylic acids is 6. The van der Waals surface area contributed by atoms with E-state index in [9.17, 15) is 43.5 Å². The molecule has 0 fully saturated rings. The fourth-order valence-corrected chi connectivity index (χ4v) is 5.09. The number of amides is 5. The van der Waals surface area contributed by atoms with Gasteiger partial charge in [-0.15, -0.1) is 0 Å². The normalized spacial score (nSPS) is 11.0. The maximum atomic E-state index is 12.8. The molecule has 11 N–H and O–H groups in total.